The summed E-state index contributed by atoms with van der Waals surface area (Å²) < 4.78 is 5.78. The van der Waals surface area contributed by atoms with E-state index in [1.54, 1.807) is 42.6 Å². The summed E-state index contributed by atoms with van der Waals surface area (Å²) >= 11 is 7.26. The first-order valence-corrected chi connectivity index (χ1v) is 8.84. The van der Waals surface area contributed by atoms with Crippen LogP contribution in [0.15, 0.2) is 64.3 Å². The minimum Gasteiger partial charge on any atom is -1.00 e. The Balaban J connectivity index is 0.00000140. The van der Waals surface area contributed by atoms with Crippen molar-refractivity contribution in [3.63, 3.8) is 0 Å². The smallest absolute Gasteiger partial charge is 1.00 e. The Morgan fingerprint density at radius 3 is 2.74 bits per heavy atom. The van der Waals surface area contributed by atoms with Crippen molar-refractivity contribution in [2.45, 2.75) is 5.37 Å². The van der Waals surface area contributed by atoms with Crippen molar-refractivity contribution < 1.29 is 62.8 Å². The zero-order valence-corrected chi connectivity index (χ0v) is 18.9. The number of benzene rings is 2. The Morgan fingerprint density at radius 1 is 1.26 bits per heavy atom. The van der Waals surface area contributed by atoms with E-state index in [1.807, 2.05) is 6.07 Å². The molecule has 9 heteroatoms. The third-order valence-corrected chi connectivity index (χ3v) is 5.21. The first-order valence-electron chi connectivity index (χ1n) is 7.58. The van der Waals surface area contributed by atoms with E-state index in [2.05, 4.69) is 16.1 Å². The number of nitrogens with zero attached hydrogens (tertiary/aromatic N) is 4. The van der Waals surface area contributed by atoms with Gasteiger partial charge in [0.2, 0.25) is 0 Å². The molecule has 2 aromatic rings. The summed E-state index contributed by atoms with van der Waals surface area (Å²) in [4.78, 5) is 8.41. The van der Waals surface area contributed by atoms with E-state index >= 15 is 0 Å². The molecule has 0 bridgehead atoms. The quantitative estimate of drug-likeness (QED) is 0.758. The second-order valence-corrected chi connectivity index (χ2v) is 6.97. The molecule has 1 N–H and O–H groups in total. The maximum absolute atomic E-state index is 9.84. The molecular formula is C18H12ClKN4O2S. The number of hydrogen-bond acceptors (Lipinski definition) is 7. The van der Waals surface area contributed by atoms with Crippen molar-refractivity contribution in [1.82, 2.24) is 5.06 Å². The van der Waals surface area contributed by atoms with Crippen molar-refractivity contribution in [3.05, 3.63) is 70.5 Å². The molecule has 0 fully saturated rings. The minimum atomic E-state index is -0.321. The molecule has 2 aromatic carbocycles. The van der Waals surface area contributed by atoms with Gasteiger partial charge in [0, 0.05) is 10.6 Å². The van der Waals surface area contributed by atoms with Crippen molar-refractivity contribution >= 4 is 34.7 Å². The largest absolute Gasteiger partial charge is 1.00 e. The van der Waals surface area contributed by atoms with E-state index < -0.39 is 0 Å². The molecule has 4 rings (SSSR count). The fourth-order valence-electron chi connectivity index (χ4n) is 2.49. The van der Waals surface area contributed by atoms with E-state index in [0.29, 0.717) is 32.8 Å². The maximum atomic E-state index is 9.84. The van der Waals surface area contributed by atoms with Gasteiger partial charge in [0.25, 0.3) is 0 Å². The zero-order valence-electron chi connectivity index (χ0n) is 15.2. The van der Waals surface area contributed by atoms with Gasteiger partial charge in [-0.15, -0.1) is 0 Å². The van der Waals surface area contributed by atoms with Crippen LogP contribution in [-0.4, -0.2) is 27.0 Å². The molecule has 0 amide bonds. The number of rotatable bonds is 3. The van der Waals surface area contributed by atoms with Crippen LogP contribution in [0.25, 0.3) is 0 Å². The molecule has 130 valence electrons. The molecule has 0 saturated carbocycles. The van der Waals surface area contributed by atoms with Crippen LogP contribution in [0.3, 0.4) is 0 Å². The van der Waals surface area contributed by atoms with Gasteiger partial charge in [0.15, 0.2) is 5.37 Å². The van der Waals surface area contributed by atoms with Crippen molar-refractivity contribution in [1.29, 1.82) is 5.26 Å². The summed E-state index contributed by atoms with van der Waals surface area (Å²) in [6.07, 6.45) is 2.95. The summed E-state index contributed by atoms with van der Waals surface area (Å²) in [6, 6.07) is 14.3. The summed E-state index contributed by atoms with van der Waals surface area (Å²) in [6.45, 7) is 0. The summed E-state index contributed by atoms with van der Waals surface area (Å²) in [5.41, 5.74) is 1.83. The van der Waals surface area contributed by atoms with E-state index in [4.69, 9.17) is 16.3 Å². The molecule has 6 nitrogen and oxygen atoms in total. The van der Waals surface area contributed by atoms with Crippen LogP contribution < -0.4 is 56.1 Å². The first kappa shape index (κ1) is 20.6. The second kappa shape index (κ2) is 8.90. The standard InChI is InChI=1S/C18H11ClN4O2S.K.H/c19-13-2-4-14(5-3-13)25-16-6-1-11(7-12(16)8-20)17-22-15-9-21-10-23(24)18(15)26-17;;/h1-7,9-10,18,24H;;/q;+1;-1. The van der Waals surface area contributed by atoms with Gasteiger partial charge in [-0.3, -0.25) is 5.21 Å². The summed E-state index contributed by atoms with van der Waals surface area (Å²) in [5, 5.41) is 21.3. The van der Waals surface area contributed by atoms with Crippen LogP contribution in [-0.2, 0) is 0 Å². The first-order chi connectivity index (χ1) is 12.6. The maximum Gasteiger partial charge on any atom is 1.00 e. The Hall–Kier alpha value is -1.15. The Bertz CT molecular complexity index is 1010. The normalized spacial score (nSPS) is 17.4. The van der Waals surface area contributed by atoms with E-state index in [1.165, 1.54) is 18.1 Å². The number of halogens is 1. The SMILES string of the molecule is N#Cc1cc(C2=NC3=CN=CN(O)C3S2)ccc1Oc1ccc(Cl)cc1.[H-].[K+]. The van der Waals surface area contributed by atoms with Crippen molar-refractivity contribution in [2.75, 3.05) is 0 Å². The van der Waals surface area contributed by atoms with E-state index in [0.717, 1.165) is 10.6 Å². The van der Waals surface area contributed by atoms with Crippen LogP contribution >= 0.6 is 23.4 Å². The monoisotopic (exact) mass is 422 g/mol. The molecular weight excluding hydrogens is 411 g/mol. The van der Waals surface area contributed by atoms with Crippen LogP contribution in [0.5, 0.6) is 11.5 Å². The van der Waals surface area contributed by atoms with Gasteiger partial charge in [-0.1, -0.05) is 23.4 Å². The van der Waals surface area contributed by atoms with Crippen molar-refractivity contribution in [3.8, 4) is 17.6 Å². The zero-order chi connectivity index (χ0) is 18.1. The molecule has 2 heterocycles. The minimum absolute atomic E-state index is 0. The predicted octanol–water partition coefficient (Wildman–Crippen LogP) is 1.51. The third-order valence-electron chi connectivity index (χ3n) is 3.73. The fraction of sp³-hybridized carbons (Fsp3) is 0.0556. The number of nitriles is 1. The molecule has 0 aromatic heterocycles. The number of ether oxygens (including phenoxy) is 1. The molecule has 2 aliphatic rings. The van der Waals surface area contributed by atoms with Gasteiger partial charge >= 0.3 is 51.4 Å². The second-order valence-electron chi connectivity index (χ2n) is 5.46. The van der Waals surface area contributed by atoms with E-state index in [9.17, 15) is 10.5 Å². The van der Waals surface area contributed by atoms with Gasteiger partial charge in [-0.25, -0.2) is 15.0 Å². The van der Waals surface area contributed by atoms with Crippen LogP contribution in [0.1, 0.15) is 12.6 Å². The molecule has 1 atom stereocenters. The Morgan fingerprint density at radius 2 is 2.04 bits per heavy atom. The Kier molecular flexibility index (Phi) is 6.78. The van der Waals surface area contributed by atoms with Gasteiger partial charge in [0.05, 0.1) is 17.5 Å². The van der Waals surface area contributed by atoms with E-state index in [-0.39, 0.29) is 58.2 Å². The number of fused-ring (bicyclic) bond motifs is 1. The van der Waals surface area contributed by atoms with Crippen molar-refractivity contribution in [2.24, 2.45) is 9.98 Å². The number of hydroxylamine groups is 2. The number of hydrogen-bond donors (Lipinski definition) is 1. The van der Waals surface area contributed by atoms with Crippen LogP contribution in [0.2, 0.25) is 5.02 Å². The summed E-state index contributed by atoms with van der Waals surface area (Å²) in [5.74, 6) is 1.04. The fourth-order valence-corrected chi connectivity index (χ4v) is 3.64. The average molecular weight is 423 g/mol. The number of aliphatic imine (C=N–C) groups is 2. The van der Waals surface area contributed by atoms with Gasteiger partial charge in [-0.2, -0.15) is 5.26 Å². The number of thioether (sulfide) groups is 1. The predicted molar refractivity (Wildman–Crippen MR) is 102 cm³/mol. The van der Waals surface area contributed by atoms with Gasteiger partial charge < -0.3 is 6.16 Å². The molecule has 27 heavy (non-hydrogen) atoms. The van der Waals surface area contributed by atoms with Crippen LogP contribution in [0, 0.1) is 11.3 Å². The molecule has 2 aliphatic heterocycles. The van der Waals surface area contributed by atoms with Gasteiger partial charge in [0.1, 0.15) is 29.0 Å². The van der Waals surface area contributed by atoms with Crippen LogP contribution in [0.4, 0.5) is 0 Å². The molecule has 0 spiro atoms. The third kappa shape index (κ3) is 4.47. The topological polar surface area (TPSA) is 81.2 Å². The van der Waals surface area contributed by atoms with Gasteiger partial charge in [-0.05, 0) is 42.5 Å². The molecule has 0 saturated heterocycles. The Labute approximate surface area is 209 Å². The average Bonchev–Trinajstić information content (AvgIpc) is 3.09. The summed E-state index contributed by atoms with van der Waals surface area (Å²) in [7, 11) is 0. The molecule has 0 aliphatic carbocycles. The molecule has 1 unspecified atom stereocenters. The molecule has 0 radical (unpaired) electrons.